The Labute approximate surface area is 96.8 Å². The molecule has 0 aliphatic heterocycles. The number of carbonyl (C=O) groups excluding carboxylic acids is 1. The smallest absolute Gasteiger partial charge is 0.384 e. The molecule has 0 heterocycles. The van der Waals surface area contributed by atoms with Crippen LogP contribution in [0, 0.1) is 17.7 Å². The maximum Gasteiger partial charge on any atom is 0.384 e. The van der Waals surface area contributed by atoms with Crippen molar-refractivity contribution in [3.05, 3.63) is 28.5 Å². The van der Waals surface area contributed by atoms with E-state index in [0.717, 1.165) is 12.1 Å². The Hall–Kier alpha value is -1.73. The zero-order chi connectivity index (χ0) is 12.1. The third-order valence-corrected chi connectivity index (χ3v) is 1.89. The number of aromatic hydroxyl groups is 1. The molecular weight excluding hydrogens is 235 g/mol. The Kier molecular flexibility index (Phi) is 4.15. The van der Waals surface area contributed by atoms with Crippen molar-refractivity contribution in [1.29, 1.82) is 0 Å². The van der Waals surface area contributed by atoms with Crippen LogP contribution in [0.15, 0.2) is 12.1 Å². The molecule has 0 bridgehead atoms. The summed E-state index contributed by atoms with van der Waals surface area (Å²) in [4.78, 5) is 10.9. The predicted molar refractivity (Wildman–Crippen MR) is 56.6 cm³/mol. The summed E-state index contributed by atoms with van der Waals surface area (Å²) in [6, 6.07) is 1.93. The number of phenolic OH excluding ortho intramolecular Hbond substituents is 1. The Bertz CT molecular complexity index is 474. The maximum atomic E-state index is 12.9. The molecule has 1 aromatic carbocycles. The summed E-state index contributed by atoms with van der Waals surface area (Å²) >= 11 is 5.52. The second-order valence-electron chi connectivity index (χ2n) is 2.75. The molecule has 0 amide bonds. The van der Waals surface area contributed by atoms with Gasteiger partial charge in [0.15, 0.2) is 0 Å². The molecule has 1 rings (SSSR count). The highest BCUT2D eigenvalue weighted by Gasteiger charge is 2.06. The Morgan fingerprint density at radius 1 is 1.62 bits per heavy atom. The van der Waals surface area contributed by atoms with Crippen LogP contribution in [-0.4, -0.2) is 17.7 Å². The summed E-state index contributed by atoms with van der Waals surface area (Å²) in [5.41, 5.74) is -0.0574. The van der Waals surface area contributed by atoms with E-state index in [1.54, 1.807) is 6.92 Å². The van der Waals surface area contributed by atoms with E-state index in [2.05, 4.69) is 16.6 Å². The van der Waals surface area contributed by atoms with E-state index >= 15 is 0 Å². The lowest BCUT2D eigenvalue weighted by atomic mass is 10.2. The van der Waals surface area contributed by atoms with E-state index in [0.29, 0.717) is 0 Å². The van der Waals surface area contributed by atoms with Gasteiger partial charge in [-0.3, -0.25) is 0 Å². The summed E-state index contributed by atoms with van der Waals surface area (Å²) < 4.78 is 17.4. The first-order chi connectivity index (χ1) is 7.54. The minimum atomic E-state index is -0.748. The molecule has 0 aromatic heterocycles. The van der Waals surface area contributed by atoms with Gasteiger partial charge in [-0.05, 0) is 19.1 Å². The number of hydrogen-bond acceptors (Lipinski definition) is 3. The van der Waals surface area contributed by atoms with Crippen LogP contribution in [0.25, 0.3) is 0 Å². The molecule has 0 aliphatic carbocycles. The summed E-state index contributed by atoms with van der Waals surface area (Å²) in [5, 5.41) is 9.25. The van der Waals surface area contributed by atoms with Crippen LogP contribution in [-0.2, 0) is 9.53 Å². The highest BCUT2D eigenvalue weighted by molar-refractivity contribution is 6.32. The van der Waals surface area contributed by atoms with Gasteiger partial charge in [-0.1, -0.05) is 17.5 Å². The number of carbonyl (C=O) groups is 1. The molecular formula is C11H8ClFO3. The average Bonchev–Trinajstić information content (AvgIpc) is 2.21. The first kappa shape index (κ1) is 12.3. The molecule has 0 radical (unpaired) electrons. The number of hydrogen-bond donors (Lipinski definition) is 1. The molecule has 1 N–H and O–H groups in total. The molecule has 0 atom stereocenters. The Balaban J connectivity index is 3.01. The highest BCUT2D eigenvalue weighted by atomic mass is 35.5. The fourth-order valence-corrected chi connectivity index (χ4v) is 1.15. The first-order valence-corrected chi connectivity index (χ1v) is 4.79. The quantitative estimate of drug-likeness (QED) is 0.606. The van der Waals surface area contributed by atoms with Gasteiger partial charge in [0.05, 0.1) is 17.2 Å². The van der Waals surface area contributed by atoms with Gasteiger partial charge in [-0.25, -0.2) is 9.18 Å². The van der Waals surface area contributed by atoms with Crippen molar-refractivity contribution in [1.82, 2.24) is 0 Å². The molecule has 0 unspecified atom stereocenters. The second kappa shape index (κ2) is 5.38. The Morgan fingerprint density at radius 3 is 2.94 bits per heavy atom. The van der Waals surface area contributed by atoms with E-state index in [1.165, 1.54) is 0 Å². The van der Waals surface area contributed by atoms with Crippen LogP contribution in [0.1, 0.15) is 12.5 Å². The lowest BCUT2D eigenvalue weighted by Gasteiger charge is -1.99. The van der Waals surface area contributed by atoms with Crippen molar-refractivity contribution >= 4 is 17.6 Å². The molecule has 0 saturated carbocycles. The molecule has 16 heavy (non-hydrogen) atoms. The van der Waals surface area contributed by atoms with Crippen LogP contribution in [0.2, 0.25) is 5.02 Å². The van der Waals surface area contributed by atoms with Crippen LogP contribution in [0.3, 0.4) is 0 Å². The number of halogens is 2. The normalized spacial score (nSPS) is 9.19. The molecule has 0 spiro atoms. The summed E-state index contributed by atoms with van der Waals surface area (Å²) in [6.07, 6.45) is 0. The van der Waals surface area contributed by atoms with E-state index in [4.69, 9.17) is 11.6 Å². The van der Waals surface area contributed by atoms with Crippen molar-refractivity contribution in [2.24, 2.45) is 0 Å². The van der Waals surface area contributed by atoms with Crippen molar-refractivity contribution in [2.75, 3.05) is 6.61 Å². The molecule has 0 fully saturated rings. The van der Waals surface area contributed by atoms with Crippen LogP contribution < -0.4 is 0 Å². The van der Waals surface area contributed by atoms with E-state index in [-0.39, 0.29) is 22.9 Å². The molecule has 0 aliphatic rings. The number of rotatable bonds is 1. The largest absolute Gasteiger partial charge is 0.505 e. The zero-order valence-electron chi connectivity index (χ0n) is 8.38. The van der Waals surface area contributed by atoms with Gasteiger partial charge in [0, 0.05) is 5.92 Å². The number of ether oxygens (including phenoxy) is 1. The second-order valence-corrected chi connectivity index (χ2v) is 3.16. The molecule has 84 valence electrons. The highest BCUT2D eigenvalue weighted by Crippen LogP contribution is 2.27. The zero-order valence-corrected chi connectivity index (χ0v) is 9.14. The average molecular weight is 243 g/mol. The van der Waals surface area contributed by atoms with E-state index < -0.39 is 11.8 Å². The minimum Gasteiger partial charge on any atom is -0.505 e. The molecule has 1 aromatic rings. The van der Waals surface area contributed by atoms with Crippen LogP contribution in [0.4, 0.5) is 4.39 Å². The fraction of sp³-hybridized carbons (Fsp3) is 0.182. The third kappa shape index (κ3) is 3.14. The minimum absolute atomic E-state index is 0.0574. The lowest BCUT2D eigenvalue weighted by molar-refractivity contribution is -0.136. The van der Waals surface area contributed by atoms with Crippen LogP contribution >= 0.6 is 11.6 Å². The molecule has 0 saturated heterocycles. The summed E-state index contributed by atoms with van der Waals surface area (Å²) in [7, 11) is 0. The topological polar surface area (TPSA) is 46.5 Å². The third-order valence-electron chi connectivity index (χ3n) is 1.60. The van der Waals surface area contributed by atoms with Gasteiger partial charge in [-0.15, -0.1) is 0 Å². The monoisotopic (exact) mass is 242 g/mol. The van der Waals surface area contributed by atoms with E-state index in [9.17, 15) is 14.3 Å². The van der Waals surface area contributed by atoms with Gasteiger partial charge >= 0.3 is 5.97 Å². The summed E-state index contributed by atoms with van der Waals surface area (Å²) in [5.74, 6) is 2.63. The van der Waals surface area contributed by atoms with Gasteiger partial charge in [0.1, 0.15) is 11.6 Å². The predicted octanol–water partition coefficient (Wildman–Crippen LogP) is 2.10. The van der Waals surface area contributed by atoms with Crippen molar-refractivity contribution in [3.8, 4) is 17.6 Å². The van der Waals surface area contributed by atoms with Crippen molar-refractivity contribution < 1.29 is 19.0 Å². The maximum absolute atomic E-state index is 12.9. The van der Waals surface area contributed by atoms with Crippen molar-refractivity contribution in [3.63, 3.8) is 0 Å². The number of phenols is 1. The molecule has 5 heteroatoms. The molecule has 3 nitrogen and oxygen atoms in total. The SMILES string of the molecule is CCOC(=O)C#Cc1cc(F)cc(Cl)c1O. The van der Waals surface area contributed by atoms with Gasteiger partial charge < -0.3 is 9.84 Å². The number of esters is 1. The standard InChI is InChI=1S/C11H8ClFO3/c1-2-16-10(14)4-3-7-5-8(13)6-9(12)11(7)15/h5-6,15H,2H2,1H3. The first-order valence-electron chi connectivity index (χ1n) is 4.41. The van der Waals surface area contributed by atoms with Gasteiger partial charge in [0.2, 0.25) is 0 Å². The van der Waals surface area contributed by atoms with Gasteiger partial charge in [-0.2, -0.15) is 0 Å². The fourth-order valence-electron chi connectivity index (χ4n) is 0.947. The number of benzene rings is 1. The summed E-state index contributed by atoms with van der Waals surface area (Å²) in [6.45, 7) is 1.83. The van der Waals surface area contributed by atoms with Crippen LogP contribution in [0.5, 0.6) is 5.75 Å². The Morgan fingerprint density at radius 2 is 2.31 bits per heavy atom. The van der Waals surface area contributed by atoms with E-state index in [1.807, 2.05) is 0 Å². The van der Waals surface area contributed by atoms with Crippen molar-refractivity contribution in [2.45, 2.75) is 6.92 Å². The van der Waals surface area contributed by atoms with Gasteiger partial charge in [0.25, 0.3) is 0 Å². The lowest BCUT2D eigenvalue weighted by Crippen LogP contribution is -1.99.